The summed E-state index contributed by atoms with van der Waals surface area (Å²) in [6, 6.07) is 4.56. The largest absolute Gasteiger partial charge is 0.416 e. The average molecular weight is 285 g/mol. The predicted molar refractivity (Wildman–Crippen MR) is 70.4 cm³/mol. The highest BCUT2D eigenvalue weighted by molar-refractivity contribution is 5.97. The summed E-state index contributed by atoms with van der Waals surface area (Å²) in [6.07, 6.45) is 0.278. The first-order chi connectivity index (χ1) is 9.30. The lowest BCUT2D eigenvalue weighted by atomic mass is 9.78. The average Bonchev–Trinajstić information content (AvgIpc) is 2.38. The normalized spacial score (nSPS) is 18.8. The topological polar surface area (TPSA) is 43.1 Å². The molecular weight excluding hydrogens is 267 g/mol. The van der Waals surface area contributed by atoms with Gasteiger partial charge >= 0.3 is 6.18 Å². The molecule has 2 rings (SSSR count). The summed E-state index contributed by atoms with van der Waals surface area (Å²) in [4.78, 5) is 12.1. The summed E-state index contributed by atoms with van der Waals surface area (Å²) >= 11 is 0. The molecule has 1 aliphatic rings. The maximum atomic E-state index is 12.6. The van der Waals surface area contributed by atoms with Gasteiger partial charge in [0, 0.05) is 17.5 Å². The summed E-state index contributed by atoms with van der Waals surface area (Å²) in [5.41, 5.74) is 4.93. The lowest BCUT2D eigenvalue weighted by molar-refractivity contribution is -0.137. The van der Waals surface area contributed by atoms with E-state index >= 15 is 0 Å². The van der Waals surface area contributed by atoms with E-state index in [0.29, 0.717) is 0 Å². The summed E-state index contributed by atoms with van der Waals surface area (Å²) in [7, 11) is 0. The molecule has 20 heavy (non-hydrogen) atoms. The molecule has 0 atom stereocenters. The fraction of sp³-hybridized carbons (Fsp3) is 0.533. The molecule has 0 bridgehead atoms. The molecule has 0 saturated heterocycles. The number of alkyl halides is 3. The molecule has 0 aromatic heterocycles. The van der Waals surface area contributed by atoms with E-state index in [-0.39, 0.29) is 17.8 Å². The Bertz CT molecular complexity index is 490. The zero-order valence-corrected chi connectivity index (χ0v) is 11.2. The van der Waals surface area contributed by atoms with E-state index in [1.165, 1.54) is 12.1 Å². The Balaban J connectivity index is 2.13. The van der Waals surface area contributed by atoms with Crippen molar-refractivity contribution in [1.82, 2.24) is 0 Å². The van der Waals surface area contributed by atoms with Gasteiger partial charge in [-0.2, -0.15) is 13.2 Å². The van der Waals surface area contributed by atoms with Gasteiger partial charge in [0.25, 0.3) is 0 Å². The standard InChI is InChI=1S/C15H18F3NO/c16-15(17,18)12-6-4-5-11(9-12)13(20)10-14(19)7-2-1-3-8-14/h4-6,9H,1-3,7-8,10,19H2. The number of benzene rings is 1. The fourth-order valence-corrected chi connectivity index (χ4v) is 2.72. The van der Waals surface area contributed by atoms with Crippen LogP contribution in [0.25, 0.3) is 0 Å². The number of carbonyl (C=O) groups excluding carboxylic acids is 1. The molecule has 0 spiro atoms. The first-order valence-electron chi connectivity index (χ1n) is 6.80. The highest BCUT2D eigenvalue weighted by Crippen LogP contribution is 2.32. The van der Waals surface area contributed by atoms with E-state index in [1.54, 1.807) is 0 Å². The van der Waals surface area contributed by atoms with E-state index in [2.05, 4.69) is 0 Å². The highest BCUT2D eigenvalue weighted by atomic mass is 19.4. The third-order valence-electron chi connectivity index (χ3n) is 3.87. The van der Waals surface area contributed by atoms with Gasteiger partial charge in [-0.05, 0) is 25.0 Å². The van der Waals surface area contributed by atoms with E-state index in [1.807, 2.05) is 0 Å². The fourth-order valence-electron chi connectivity index (χ4n) is 2.72. The minimum Gasteiger partial charge on any atom is -0.325 e. The Morgan fingerprint density at radius 2 is 1.85 bits per heavy atom. The van der Waals surface area contributed by atoms with Gasteiger partial charge in [-0.1, -0.05) is 31.4 Å². The van der Waals surface area contributed by atoms with Gasteiger partial charge in [-0.15, -0.1) is 0 Å². The summed E-state index contributed by atoms with van der Waals surface area (Å²) in [5, 5.41) is 0. The number of rotatable bonds is 3. The van der Waals surface area contributed by atoms with Crippen LogP contribution in [0.3, 0.4) is 0 Å². The third-order valence-corrected chi connectivity index (χ3v) is 3.87. The van der Waals surface area contributed by atoms with Gasteiger partial charge < -0.3 is 5.73 Å². The molecular formula is C15H18F3NO. The van der Waals surface area contributed by atoms with Gasteiger partial charge in [-0.25, -0.2) is 0 Å². The molecule has 1 aliphatic carbocycles. The van der Waals surface area contributed by atoms with Gasteiger partial charge in [0.1, 0.15) is 0 Å². The number of carbonyl (C=O) groups is 1. The minimum absolute atomic E-state index is 0.0928. The lowest BCUT2D eigenvalue weighted by Crippen LogP contribution is -2.43. The van der Waals surface area contributed by atoms with Crippen LogP contribution in [0.1, 0.15) is 54.4 Å². The molecule has 1 saturated carbocycles. The van der Waals surface area contributed by atoms with E-state index in [9.17, 15) is 18.0 Å². The van der Waals surface area contributed by atoms with Crippen LogP contribution in [0.5, 0.6) is 0 Å². The Labute approximate surface area is 116 Å². The van der Waals surface area contributed by atoms with Crippen LogP contribution in [0, 0.1) is 0 Å². The Morgan fingerprint density at radius 1 is 1.20 bits per heavy atom. The molecule has 0 unspecified atom stereocenters. The second kappa shape index (κ2) is 5.56. The predicted octanol–water partition coefficient (Wildman–Crippen LogP) is 3.94. The molecule has 5 heteroatoms. The molecule has 0 radical (unpaired) electrons. The van der Waals surface area contributed by atoms with E-state index in [4.69, 9.17) is 5.73 Å². The molecule has 2 N–H and O–H groups in total. The monoisotopic (exact) mass is 285 g/mol. The number of hydrogen-bond acceptors (Lipinski definition) is 2. The number of ketones is 1. The Kier molecular flexibility index (Phi) is 4.18. The second-order valence-corrected chi connectivity index (χ2v) is 5.60. The van der Waals surface area contributed by atoms with Crippen molar-refractivity contribution < 1.29 is 18.0 Å². The van der Waals surface area contributed by atoms with Crippen LogP contribution in [0.2, 0.25) is 0 Å². The van der Waals surface area contributed by atoms with Gasteiger partial charge in [0.2, 0.25) is 0 Å². The molecule has 2 nitrogen and oxygen atoms in total. The van der Waals surface area contributed by atoms with E-state index < -0.39 is 17.3 Å². The van der Waals surface area contributed by atoms with Gasteiger partial charge in [-0.3, -0.25) is 4.79 Å². The van der Waals surface area contributed by atoms with Crippen molar-refractivity contribution in [3.63, 3.8) is 0 Å². The highest BCUT2D eigenvalue weighted by Gasteiger charge is 2.33. The summed E-state index contributed by atoms with van der Waals surface area (Å²) < 4.78 is 37.9. The number of nitrogens with two attached hydrogens (primary N) is 1. The van der Waals surface area contributed by atoms with Gasteiger partial charge in [0.05, 0.1) is 5.56 Å². The van der Waals surface area contributed by atoms with Crippen molar-refractivity contribution in [1.29, 1.82) is 0 Å². The maximum Gasteiger partial charge on any atom is 0.416 e. The van der Waals surface area contributed by atoms with E-state index in [0.717, 1.165) is 44.2 Å². The van der Waals surface area contributed by atoms with Crippen LogP contribution in [0.4, 0.5) is 13.2 Å². The van der Waals surface area contributed by atoms with Gasteiger partial charge in [0.15, 0.2) is 5.78 Å². The molecule has 1 aromatic rings. The molecule has 0 aliphatic heterocycles. The lowest BCUT2D eigenvalue weighted by Gasteiger charge is -2.32. The molecule has 0 amide bonds. The number of hydrogen-bond donors (Lipinski definition) is 1. The Hall–Kier alpha value is -1.36. The number of halogens is 3. The quantitative estimate of drug-likeness (QED) is 0.855. The van der Waals surface area contributed by atoms with Crippen LogP contribution >= 0.6 is 0 Å². The summed E-state index contributed by atoms with van der Waals surface area (Å²) in [6.45, 7) is 0. The molecule has 1 fully saturated rings. The van der Waals surface area contributed by atoms with Crippen LogP contribution in [-0.4, -0.2) is 11.3 Å². The smallest absolute Gasteiger partial charge is 0.325 e. The molecule has 1 aromatic carbocycles. The maximum absolute atomic E-state index is 12.6. The van der Waals surface area contributed by atoms with Crippen molar-refractivity contribution in [2.24, 2.45) is 5.73 Å². The van der Waals surface area contributed by atoms with Crippen LogP contribution < -0.4 is 5.73 Å². The van der Waals surface area contributed by atoms with Crippen molar-refractivity contribution >= 4 is 5.78 Å². The van der Waals surface area contributed by atoms with Crippen LogP contribution in [-0.2, 0) is 6.18 Å². The zero-order valence-electron chi connectivity index (χ0n) is 11.2. The van der Waals surface area contributed by atoms with Crippen LogP contribution in [0.15, 0.2) is 24.3 Å². The number of Topliss-reactive ketones (excluding diaryl/α,β-unsaturated/α-hetero) is 1. The van der Waals surface area contributed by atoms with Crippen molar-refractivity contribution in [3.05, 3.63) is 35.4 Å². The minimum atomic E-state index is -4.43. The first kappa shape index (κ1) is 15.0. The third kappa shape index (κ3) is 3.60. The van der Waals surface area contributed by atoms with Crippen molar-refractivity contribution in [2.75, 3.05) is 0 Å². The van der Waals surface area contributed by atoms with Crippen molar-refractivity contribution in [2.45, 2.75) is 50.2 Å². The Morgan fingerprint density at radius 3 is 2.45 bits per heavy atom. The second-order valence-electron chi connectivity index (χ2n) is 5.60. The van der Waals surface area contributed by atoms with Crippen molar-refractivity contribution in [3.8, 4) is 0 Å². The summed E-state index contributed by atoms with van der Waals surface area (Å²) in [5.74, 6) is -0.305. The zero-order chi connectivity index (χ0) is 14.8. The molecule has 110 valence electrons. The first-order valence-corrected chi connectivity index (χ1v) is 6.80. The molecule has 0 heterocycles. The SMILES string of the molecule is NC1(CC(=O)c2cccc(C(F)(F)F)c2)CCCCC1.